The van der Waals surface area contributed by atoms with E-state index in [-0.39, 0.29) is 0 Å². The molecule has 3 atom stereocenters. The fourth-order valence-electron chi connectivity index (χ4n) is 12.3. The molecule has 1 nitrogen and oxygen atoms in total. The van der Waals surface area contributed by atoms with Gasteiger partial charge in [0, 0.05) is 22.4 Å². The van der Waals surface area contributed by atoms with Gasteiger partial charge in [0.1, 0.15) is 0 Å². The van der Waals surface area contributed by atoms with Crippen molar-refractivity contribution in [3.63, 3.8) is 0 Å². The Labute approximate surface area is 357 Å². The molecule has 3 unspecified atom stereocenters. The fourth-order valence-corrected chi connectivity index (χ4v) is 12.3. The summed E-state index contributed by atoms with van der Waals surface area (Å²) in [6.45, 7) is 24.4. The van der Waals surface area contributed by atoms with Crippen molar-refractivity contribution in [3.8, 4) is 0 Å². The van der Waals surface area contributed by atoms with E-state index in [4.69, 9.17) is 4.98 Å². The van der Waals surface area contributed by atoms with Crippen molar-refractivity contribution in [1.82, 2.24) is 4.98 Å². The predicted molar refractivity (Wildman–Crippen MR) is 261 cm³/mol. The van der Waals surface area contributed by atoms with Gasteiger partial charge in [-0.3, -0.25) is 4.98 Å². The molecule has 312 valence electrons. The topological polar surface area (TPSA) is 12.9 Å². The van der Waals surface area contributed by atoms with Crippen molar-refractivity contribution in [1.29, 1.82) is 0 Å². The van der Waals surface area contributed by atoms with E-state index in [1.807, 2.05) is 0 Å². The second-order valence-corrected chi connectivity index (χ2v) is 21.3. The van der Waals surface area contributed by atoms with Gasteiger partial charge >= 0.3 is 0 Å². The van der Waals surface area contributed by atoms with Gasteiger partial charge in [-0.1, -0.05) is 114 Å². The van der Waals surface area contributed by atoms with Gasteiger partial charge in [-0.25, -0.2) is 0 Å². The van der Waals surface area contributed by atoms with Crippen molar-refractivity contribution in [2.75, 3.05) is 0 Å². The maximum Gasteiger partial charge on any atom is 0.0787 e. The number of hydrogen-bond acceptors (Lipinski definition) is 1. The Balaban J connectivity index is 1.47. The molecule has 0 bridgehead atoms. The zero-order chi connectivity index (χ0) is 41.3. The Morgan fingerprint density at radius 2 is 1.31 bits per heavy atom. The quantitative estimate of drug-likeness (QED) is 0.0509. The third-order valence-electron chi connectivity index (χ3n) is 15.9. The minimum Gasteiger partial charge on any atom is -0.255 e. The normalized spacial score (nSPS) is 17.6. The molecule has 59 heavy (non-hydrogen) atoms. The van der Waals surface area contributed by atoms with E-state index in [0.717, 1.165) is 24.7 Å². The number of aromatic nitrogens is 1. The number of benzene rings is 6. The minimum absolute atomic E-state index is 0.516. The summed E-state index contributed by atoms with van der Waals surface area (Å²) in [5.41, 5.74) is 14.5. The van der Waals surface area contributed by atoms with Crippen LogP contribution in [0.25, 0.3) is 64.8 Å². The Hall–Kier alpha value is -3.45. The van der Waals surface area contributed by atoms with Gasteiger partial charge in [-0.15, -0.1) is 0 Å². The highest BCUT2D eigenvalue weighted by molar-refractivity contribution is 6.46. The van der Waals surface area contributed by atoms with E-state index in [9.17, 15) is 0 Å². The Morgan fingerprint density at radius 1 is 0.593 bits per heavy atom. The van der Waals surface area contributed by atoms with E-state index in [0.29, 0.717) is 23.7 Å². The number of unbranched alkanes of at least 4 members (excludes halogenated alkanes) is 5. The van der Waals surface area contributed by atoms with Crippen molar-refractivity contribution in [2.24, 2.45) is 23.7 Å². The molecule has 0 saturated carbocycles. The molecule has 6 aromatic carbocycles. The second kappa shape index (κ2) is 16.4. The molecule has 1 heteroatoms. The average molecular weight is 786 g/mol. The van der Waals surface area contributed by atoms with Gasteiger partial charge in [-0.05, 0) is 212 Å². The standard InChI is InChI=1S/C58H75N/c1-11-13-16-21-41-30-47-48-27-38(24-22-34(5)6)32-59-58(48)49-29-40(20-18-15-14-17-19-33(3)4)44-31-43(37(10)35(7)8)46-28-39(12-2)50-45-26-36(9)23-25-42(45)51(41)57-54(47)55(49)52(44)53(46)56(50)57/h27,29-37,39H,11-26,28H2,1-10H3. The van der Waals surface area contributed by atoms with Gasteiger partial charge in [0.25, 0.3) is 0 Å². The first-order chi connectivity index (χ1) is 28.5. The predicted octanol–water partition coefficient (Wildman–Crippen LogP) is 17.3. The van der Waals surface area contributed by atoms with Crippen LogP contribution in [0.5, 0.6) is 0 Å². The van der Waals surface area contributed by atoms with E-state index in [1.165, 1.54) is 129 Å². The van der Waals surface area contributed by atoms with Crippen molar-refractivity contribution in [2.45, 2.75) is 190 Å². The van der Waals surface area contributed by atoms with Gasteiger partial charge < -0.3 is 0 Å². The number of fused-ring (bicyclic) bond motifs is 6. The highest BCUT2D eigenvalue weighted by Crippen LogP contribution is 2.58. The third-order valence-corrected chi connectivity index (χ3v) is 15.9. The lowest BCUT2D eigenvalue weighted by molar-refractivity contribution is 0.495. The fraction of sp³-hybridized carbons (Fsp3) is 0.569. The van der Waals surface area contributed by atoms with Crippen LogP contribution in [0.4, 0.5) is 0 Å². The lowest BCUT2D eigenvalue weighted by Gasteiger charge is -2.38. The second-order valence-electron chi connectivity index (χ2n) is 21.3. The molecule has 0 aliphatic heterocycles. The summed E-state index contributed by atoms with van der Waals surface area (Å²) in [5.74, 6) is 3.91. The van der Waals surface area contributed by atoms with Gasteiger partial charge in [0.2, 0.25) is 0 Å². The molecule has 2 aliphatic rings. The minimum atomic E-state index is 0.516. The maximum absolute atomic E-state index is 5.55. The van der Waals surface area contributed by atoms with Gasteiger partial charge in [0.05, 0.1) is 5.52 Å². The van der Waals surface area contributed by atoms with Crippen LogP contribution in [-0.4, -0.2) is 4.98 Å². The summed E-state index contributed by atoms with van der Waals surface area (Å²) in [5, 5.41) is 17.3. The monoisotopic (exact) mass is 786 g/mol. The summed E-state index contributed by atoms with van der Waals surface area (Å²) in [6, 6.07) is 10.8. The largest absolute Gasteiger partial charge is 0.255 e. The first kappa shape index (κ1) is 40.9. The summed E-state index contributed by atoms with van der Waals surface area (Å²) in [6.07, 6.45) is 23.5. The van der Waals surface area contributed by atoms with Crippen molar-refractivity contribution >= 4 is 64.8 Å². The van der Waals surface area contributed by atoms with E-state index >= 15 is 0 Å². The van der Waals surface area contributed by atoms with Crippen LogP contribution >= 0.6 is 0 Å². The van der Waals surface area contributed by atoms with Crippen LogP contribution in [0, 0.1) is 23.7 Å². The molecule has 0 fully saturated rings. The Kier molecular flexibility index (Phi) is 11.4. The summed E-state index contributed by atoms with van der Waals surface area (Å²) < 4.78 is 0. The zero-order valence-electron chi connectivity index (χ0n) is 38.8. The molecule has 0 amide bonds. The molecule has 0 saturated heterocycles. The first-order valence-corrected chi connectivity index (χ1v) is 24.8. The molecule has 2 aliphatic carbocycles. The summed E-state index contributed by atoms with van der Waals surface area (Å²) in [7, 11) is 0. The Bertz CT molecular complexity index is 2630. The van der Waals surface area contributed by atoms with Crippen LogP contribution < -0.4 is 0 Å². The zero-order valence-corrected chi connectivity index (χ0v) is 38.8. The van der Waals surface area contributed by atoms with Crippen LogP contribution in [0.3, 0.4) is 0 Å². The van der Waals surface area contributed by atoms with Crippen LogP contribution in [-0.2, 0) is 38.5 Å². The van der Waals surface area contributed by atoms with E-state index in [1.54, 1.807) is 76.6 Å². The SMILES string of the molecule is CCCCCc1cc2c3cc(CCC(C)C)cnc3c3cc(CCCCCCC(C)C)c4cc(C(C)C(C)C)c5c6c7c(c8c(c1c7c2c3c46)CCC(C)C8)C(CC)C5. The number of nitrogens with zero attached hydrogens (tertiary/aromatic N) is 1. The number of aryl methyl sites for hydroxylation is 4. The molecular formula is C58H75N. The summed E-state index contributed by atoms with van der Waals surface area (Å²) >= 11 is 0. The van der Waals surface area contributed by atoms with Crippen LogP contribution in [0.2, 0.25) is 0 Å². The third kappa shape index (κ3) is 6.92. The lowest BCUT2D eigenvalue weighted by atomic mass is 9.66. The van der Waals surface area contributed by atoms with E-state index in [2.05, 4.69) is 99.7 Å². The molecule has 1 heterocycles. The van der Waals surface area contributed by atoms with E-state index < -0.39 is 0 Å². The smallest absolute Gasteiger partial charge is 0.0787 e. The molecule has 0 radical (unpaired) electrons. The van der Waals surface area contributed by atoms with Gasteiger partial charge in [-0.2, -0.15) is 0 Å². The highest BCUT2D eigenvalue weighted by Gasteiger charge is 2.37. The maximum atomic E-state index is 5.55. The molecule has 0 N–H and O–H groups in total. The Morgan fingerprint density at radius 3 is 2.05 bits per heavy atom. The van der Waals surface area contributed by atoms with Gasteiger partial charge in [0.15, 0.2) is 0 Å². The average Bonchev–Trinajstić information content (AvgIpc) is 3.22. The van der Waals surface area contributed by atoms with Crippen LogP contribution in [0.15, 0.2) is 30.5 Å². The number of hydrogen-bond donors (Lipinski definition) is 0. The molecule has 1 aromatic heterocycles. The molecule has 0 spiro atoms. The van der Waals surface area contributed by atoms with Crippen molar-refractivity contribution < 1.29 is 0 Å². The van der Waals surface area contributed by atoms with Crippen molar-refractivity contribution in [3.05, 3.63) is 75.0 Å². The molecule has 7 aromatic rings. The first-order valence-electron chi connectivity index (χ1n) is 24.8. The number of pyridine rings is 1. The highest BCUT2D eigenvalue weighted by atomic mass is 14.7. The van der Waals surface area contributed by atoms with Crippen LogP contribution in [0.1, 0.15) is 196 Å². The summed E-state index contributed by atoms with van der Waals surface area (Å²) in [4.78, 5) is 5.55. The molecular weight excluding hydrogens is 711 g/mol. The lowest BCUT2D eigenvalue weighted by Crippen LogP contribution is -2.21. The number of rotatable bonds is 17. The molecule has 9 rings (SSSR count).